The minimum atomic E-state index is -0.148. The fraction of sp³-hybridized carbons (Fsp3) is 0.231. The smallest absolute Gasteiger partial charge is 0.252 e. The topological polar surface area (TPSA) is 75.9 Å². The van der Waals surface area contributed by atoms with Gasteiger partial charge in [0, 0.05) is 29.9 Å². The highest BCUT2D eigenvalue weighted by molar-refractivity contribution is 7.98. The van der Waals surface area contributed by atoms with Crippen molar-refractivity contribution >= 4 is 17.5 Å². The van der Waals surface area contributed by atoms with E-state index in [0.717, 1.165) is 28.6 Å². The van der Waals surface area contributed by atoms with Crippen molar-refractivity contribution in [2.75, 3.05) is 0 Å². The van der Waals surface area contributed by atoms with Crippen molar-refractivity contribution < 1.29 is 0 Å². The molecule has 20 heavy (non-hydrogen) atoms. The lowest BCUT2D eigenvalue weighted by molar-refractivity contribution is 0.850. The molecule has 0 spiro atoms. The third-order valence-electron chi connectivity index (χ3n) is 2.91. The second-order valence-electron chi connectivity index (χ2n) is 4.27. The average molecular weight is 287 g/mol. The molecule has 0 unspecified atom stereocenters. The lowest BCUT2D eigenvalue weighted by Gasteiger charge is -2.04. The summed E-state index contributed by atoms with van der Waals surface area (Å²) >= 11 is 1.57. The molecular formula is C13H13N5OS. The summed E-state index contributed by atoms with van der Waals surface area (Å²) < 4.78 is 1.89. The number of aryl methyl sites for hydroxylation is 1. The van der Waals surface area contributed by atoms with Gasteiger partial charge in [0.25, 0.3) is 5.56 Å². The zero-order valence-corrected chi connectivity index (χ0v) is 11.7. The van der Waals surface area contributed by atoms with Crippen molar-refractivity contribution in [1.29, 1.82) is 0 Å². The van der Waals surface area contributed by atoms with Crippen molar-refractivity contribution in [2.45, 2.75) is 24.3 Å². The summed E-state index contributed by atoms with van der Waals surface area (Å²) in [6, 6.07) is 5.52. The van der Waals surface area contributed by atoms with E-state index in [2.05, 4.69) is 20.2 Å². The first-order valence-electron chi connectivity index (χ1n) is 6.27. The molecule has 0 radical (unpaired) electrons. The standard InChI is InChI=1S/C13H13N5OS/c1-2-10-6-11(19)15-12-16-17-13(18(10)12)20-8-9-4-3-5-14-7-9/h3-7H,2,8H2,1H3,(H,15,16,19). The maximum atomic E-state index is 11.5. The Morgan fingerprint density at radius 3 is 3.05 bits per heavy atom. The van der Waals surface area contributed by atoms with Gasteiger partial charge in [-0.1, -0.05) is 24.8 Å². The Balaban J connectivity index is 1.94. The van der Waals surface area contributed by atoms with Crippen LogP contribution >= 0.6 is 11.8 Å². The quantitative estimate of drug-likeness (QED) is 0.739. The van der Waals surface area contributed by atoms with Gasteiger partial charge in [-0.15, -0.1) is 10.2 Å². The molecule has 3 aromatic heterocycles. The molecular weight excluding hydrogens is 274 g/mol. The molecule has 0 aliphatic carbocycles. The van der Waals surface area contributed by atoms with Gasteiger partial charge in [0.2, 0.25) is 5.78 Å². The summed E-state index contributed by atoms with van der Waals surface area (Å²) in [5, 5.41) is 8.94. The van der Waals surface area contributed by atoms with Gasteiger partial charge < -0.3 is 0 Å². The number of H-pyrrole nitrogens is 1. The van der Waals surface area contributed by atoms with E-state index < -0.39 is 0 Å². The molecule has 0 saturated heterocycles. The number of pyridine rings is 1. The van der Waals surface area contributed by atoms with Crippen molar-refractivity contribution in [1.82, 2.24) is 24.6 Å². The van der Waals surface area contributed by atoms with E-state index >= 15 is 0 Å². The van der Waals surface area contributed by atoms with Crippen LogP contribution in [-0.2, 0) is 12.2 Å². The molecule has 6 nitrogen and oxygen atoms in total. The van der Waals surface area contributed by atoms with Crippen LogP contribution in [0.5, 0.6) is 0 Å². The highest BCUT2D eigenvalue weighted by atomic mass is 32.2. The van der Waals surface area contributed by atoms with Gasteiger partial charge in [0.1, 0.15) is 0 Å². The van der Waals surface area contributed by atoms with Gasteiger partial charge in [-0.3, -0.25) is 19.2 Å². The highest BCUT2D eigenvalue weighted by Gasteiger charge is 2.10. The molecule has 0 amide bonds. The normalized spacial score (nSPS) is 11.1. The number of hydrogen-bond donors (Lipinski definition) is 1. The van der Waals surface area contributed by atoms with Crippen molar-refractivity contribution in [2.24, 2.45) is 0 Å². The van der Waals surface area contributed by atoms with E-state index in [9.17, 15) is 4.79 Å². The van der Waals surface area contributed by atoms with Gasteiger partial charge >= 0.3 is 0 Å². The second kappa shape index (κ2) is 5.46. The van der Waals surface area contributed by atoms with Gasteiger partial charge in [0.05, 0.1) is 0 Å². The minimum Gasteiger partial charge on any atom is -0.291 e. The Morgan fingerprint density at radius 1 is 1.40 bits per heavy atom. The number of nitrogens with one attached hydrogen (secondary N) is 1. The second-order valence-corrected chi connectivity index (χ2v) is 5.21. The molecule has 0 aromatic carbocycles. The van der Waals surface area contributed by atoms with Crippen LogP contribution in [0.25, 0.3) is 5.78 Å². The summed E-state index contributed by atoms with van der Waals surface area (Å²) in [5.74, 6) is 1.25. The maximum absolute atomic E-state index is 11.5. The summed E-state index contributed by atoms with van der Waals surface area (Å²) in [7, 11) is 0. The number of aromatic amines is 1. The van der Waals surface area contributed by atoms with E-state index in [1.165, 1.54) is 0 Å². The lowest BCUT2D eigenvalue weighted by Crippen LogP contribution is -2.11. The molecule has 0 atom stereocenters. The molecule has 0 aliphatic rings. The monoisotopic (exact) mass is 287 g/mol. The van der Waals surface area contributed by atoms with Crippen LogP contribution in [-0.4, -0.2) is 24.6 Å². The van der Waals surface area contributed by atoms with Crippen molar-refractivity contribution in [3.63, 3.8) is 0 Å². The minimum absolute atomic E-state index is 0.148. The molecule has 3 heterocycles. The Bertz CT molecular complexity index is 780. The van der Waals surface area contributed by atoms with Gasteiger partial charge in [-0.25, -0.2) is 0 Å². The van der Waals surface area contributed by atoms with Gasteiger partial charge in [-0.2, -0.15) is 0 Å². The number of rotatable bonds is 4. The van der Waals surface area contributed by atoms with Crippen molar-refractivity contribution in [3.05, 3.63) is 52.2 Å². The summed E-state index contributed by atoms with van der Waals surface area (Å²) in [6.07, 6.45) is 4.33. The highest BCUT2D eigenvalue weighted by Crippen LogP contribution is 2.21. The van der Waals surface area contributed by atoms with Gasteiger partial charge in [-0.05, 0) is 18.1 Å². The van der Waals surface area contributed by atoms with Gasteiger partial charge in [0.15, 0.2) is 5.16 Å². The van der Waals surface area contributed by atoms with Crippen LogP contribution in [0.15, 0.2) is 40.5 Å². The molecule has 0 aliphatic heterocycles. The Hall–Kier alpha value is -2.15. The molecule has 0 bridgehead atoms. The third kappa shape index (κ3) is 2.44. The largest absolute Gasteiger partial charge is 0.291 e. The molecule has 3 rings (SSSR count). The number of fused-ring (bicyclic) bond motifs is 1. The predicted octanol–water partition coefficient (Wildman–Crippen LogP) is 1.67. The number of hydrogen-bond acceptors (Lipinski definition) is 5. The SMILES string of the molecule is CCc1cc(=O)[nH]c2nnc(SCc3cccnc3)n12. The molecule has 0 saturated carbocycles. The van der Waals surface area contributed by atoms with Crippen LogP contribution in [0.1, 0.15) is 18.2 Å². The lowest BCUT2D eigenvalue weighted by atomic mass is 10.3. The zero-order valence-electron chi connectivity index (χ0n) is 10.9. The molecule has 3 aromatic rings. The summed E-state index contributed by atoms with van der Waals surface area (Å²) in [4.78, 5) is 18.3. The Morgan fingerprint density at radius 2 is 2.30 bits per heavy atom. The van der Waals surface area contributed by atoms with Crippen LogP contribution in [0.3, 0.4) is 0 Å². The van der Waals surface area contributed by atoms with E-state index in [1.807, 2.05) is 29.7 Å². The zero-order chi connectivity index (χ0) is 13.9. The molecule has 7 heteroatoms. The Labute approximate surface area is 119 Å². The van der Waals surface area contributed by atoms with Crippen LogP contribution < -0.4 is 5.56 Å². The first-order chi connectivity index (χ1) is 9.78. The maximum Gasteiger partial charge on any atom is 0.252 e. The first kappa shape index (κ1) is 12.9. The fourth-order valence-corrected chi connectivity index (χ4v) is 2.85. The summed E-state index contributed by atoms with van der Waals surface area (Å²) in [5.41, 5.74) is 1.88. The third-order valence-corrected chi connectivity index (χ3v) is 3.91. The predicted molar refractivity (Wildman–Crippen MR) is 76.8 cm³/mol. The summed E-state index contributed by atoms with van der Waals surface area (Å²) in [6.45, 7) is 2.00. The number of aromatic nitrogens is 5. The molecule has 0 fully saturated rings. The number of thioether (sulfide) groups is 1. The van der Waals surface area contributed by atoms with Crippen LogP contribution in [0, 0.1) is 0 Å². The van der Waals surface area contributed by atoms with E-state index in [1.54, 1.807) is 24.0 Å². The molecule has 1 N–H and O–H groups in total. The first-order valence-corrected chi connectivity index (χ1v) is 7.25. The average Bonchev–Trinajstić information content (AvgIpc) is 2.88. The fourth-order valence-electron chi connectivity index (χ4n) is 1.96. The van der Waals surface area contributed by atoms with E-state index in [4.69, 9.17) is 0 Å². The van der Waals surface area contributed by atoms with Crippen LogP contribution in [0.4, 0.5) is 0 Å². The van der Waals surface area contributed by atoms with Crippen LogP contribution in [0.2, 0.25) is 0 Å². The Kier molecular flexibility index (Phi) is 3.51. The molecule has 102 valence electrons. The van der Waals surface area contributed by atoms with Crippen molar-refractivity contribution in [3.8, 4) is 0 Å². The number of nitrogens with zero attached hydrogens (tertiary/aromatic N) is 4. The van der Waals surface area contributed by atoms with E-state index in [-0.39, 0.29) is 5.56 Å². The van der Waals surface area contributed by atoms with E-state index in [0.29, 0.717) is 5.78 Å².